The third-order valence-electron chi connectivity index (χ3n) is 3.48. The Morgan fingerprint density at radius 2 is 2.36 bits per heavy atom. The van der Waals surface area contributed by atoms with Crippen LogP contribution < -0.4 is 10.2 Å². The monoisotopic (exact) mass is 305 g/mol. The van der Waals surface area contributed by atoms with Crippen LogP contribution in [0.1, 0.15) is 5.69 Å². The molecular weight excluding hydrogens is 290 g/mol. The highest BCUT2D eigenvalue weighted by atomic mass is 16.6. The van der Waals surface area contributed by atoms with Crippen LogP contribution in [0.15, 0.2) is 22.7 Å². The first-order chi connectivity index (χ1) is 10.6. The fourth-order valence-corrected chi connectivity index (χ4v) is 2.33. The van der Waals surface area contributed by atoms with Crippen LogP contribution in [-0.4, -0.2) is 43.6 Å². The molecule has 1 fully saturated rings. The van der Waals surface area contributed by atoms with E-state index >= 15 is 0 Å². The number of amides is 2. The number of carbonyl (C=O) groups excluding carboxylic acids is 2. The van der Waals surface area contributed by atoms with Crippen LogP contribution in [0.4, 0.5) is 15.3 Å². The van der Waals surface area contributed by atoms with Gasteiger partial charge in [0.05, 0.1) is 31.6 Å². The van der Waals surface area contributed by atoms with Crippen molar-refractivity contribution in [1.29, 1.82) is 0 Å². The second kappa shape index (κ2) is 5.55. The summed E-state index contributed by atoms with van der Waals surface area (Å²) < 4.78 is 14.9. The molecule has 1 aliphatic heterocycles. The third-order valence-corrected chi connectivity index (χ3v) is 3.48. The average Bonchev–Trinajstić information content (AvgIpc) is 3.08. The largest absolute Gasteiger partial charge is 0.453 e. The van der Waals surface area contributed by atoms with Crippen molar-refractivity contribution in [3.63, 3.8) is 0 Å². The van der Waals surface area contributed by atoms with E-state index in [0.717, 1.165) is 11.1 Å². The van der Waals surface area contributed by atoms with E-state index in [1.54, 1.807) is 6.07 Å². The molecule has 116 valence electrons. The molecule has 22 heavy (non-hydrogen) atoms. The first kappa shape index (κ1) is 14.2. The van der Waals surface area contributed by atoms with Crippen LogP contribution in [0.5, 0.6) is 0 Å². The van der Waals surface area contributed by atoms with Gasteiger partial charge in [0.15, 0.2) is 5.58 Å². The number of carbonyl (C=O) groups is 2. The molecule has 2 aromatic rings. The van der Waals surface area contributed by atoms with E-state index in [4.69, 9.17) is 9.26 Å². The second-order valence-corrected chi connectivity index (χ2v) is 4.94. The Morgan fingerprint density at radius 1 is 1.55 bits per heavy atom. The van der Waals surface area contributed by atoms with Crippen molar-refractivity contribution in [2.45, 2.75) is 13.0 Å². The number of hydrogen-bond donors (Lipinski definition) is 1. The number of ether oxygens (including phenoxy) is 2. The summed E-state index contributed by atoms with van der Waals surface area (Å²) >= 11 is 0. The maximum absolute atomic E-state index is 12.0. The van der Waals surface area contributed by atoms with Crippen LogP contribution in [0, 0.1) is 6.92 Å². The Labute approximate surface area is 125 Å². The normalized spacial score (nSPS) is 17.6. The van der Waals surface area contributed by atoms with Gasteiger partial charge in [0.1, 0.15) is 6.10 Å². The molecule has 8 heteroatoms. The lowest BCUT2D eigenvalue weighted by Gasteiger charge is -2.12. The van der Waals surface area contributed by atoms with E-state index in [2.05, 4.69) is 15.2 Å². The molecule has 1 aliphatic rings. The molecule has 1 unspecified atom stereocenters. The van der Waals surface area contributed by atoms with Gasteiger partial charge < -0.3 is 19.3 Å². The van der Waals surface area contributed by atoms with Crippen LogP contribution >= 0.6 is 0 Å². The van der Waals surface area contributed by atoms with E-state index in [-0.39, 0.29) is 6.54 Å². The van der Waals surface area contributed by atoms with Gasteiger partial charge in [-0.15, -0.1) is 0 Å². The zero-order chi connectivity index (χ0) is 15.7. The Hall–Kier alpha value is -2.77. The molecule has 1 saturated heterocycles. The number of nitrogens with zero attached hydrogens (tertiary/aromatic N) is 2. The summed E-state index contributed by atoms with van der Waals surface area (Å²) in [5.41, 5.74) is 2.07. The van der Waals surface area contributed by atoms with Crippen LogP contribution in [0.3, 0.4) is 0 Å². The number of nitrogens with one attached hydrogen (secondary N) is 1. The lowest BCUT2D eigenvalue weighted by Crippen LogP contribution is -2.34. The van der Waals surface area contributed by atoms with Crippen molar-refractivity contribution in [3.05, 3.63) is 23.9 Å². The minimum absolute atomic E-state index is 0.193. The zero-order valence-electron chi connectivity index (χ0n) is 12.2. The molecule has 0 spiro atoms. The number of anilines is 1. The first-order valence-corrected chi connectivity index (χ1v) is 6.74. The van der Waals surface area contributed by atoms with Crippen molar-refractivity contribution < 1.29 is 23.6 Å². The van der Waals surface area contributed by atoms with Gasteiger partial charge in [-0.2, -0.15) is 0 Å². The highest BCUT2D eigenvalue weighted by Crippen LogP contribution is 2.27. The summed E-state index contributed by atoms with van der Waals surface area (Å²) in [4.78, 5) is 24.5. The molecule has 1 aromatic carbocycles. The number of aromatic nitrogens is 1. The van der Waals surface area contributed by atoms with Gasteiger partial charge in [0, 0.05) is 11.5 Å². The number of alkyl carbamates (subject to hydrolysis) is 1. The predicted molar refractivity (Wildman–Crippen MR) is 76.8 cm³/mol. The summed E-state index contributed by atoms with van der Waals surface area (Å²) in [7, 11) is 1.27. The van der Waals surface area contributed by atoms with E-state index in [0.29, 0.717) is 17.8 Å². The second-order valence-electron chi connectivity index (χ2n) is 4.94. The SMILES string of the molecule is COC(=O)NCC1CN(c2ccc3c(C)noc3c2)C(=O)O1. The van der Waals surface area contributed by atoms with Crippen molar-refractivity contribution in [2.75, 3.05) is 25.1 Å². The summed E-state index contributed by atoms with van der Waals surface area (Å²) in [5, 5.41) is 7.29. The lowest BCUT2D eigenvalue weighted by atomic mass is 10.2. The quantitative estimate of drug-likeness (QED) is 0.929. The van der Waals surface area contributed by atoms with Gasteiger partial charge in [-0.3, -0.25) is 4.90 Å². The number of cyclic esters (lactones) is 1. The number of methoxy groups -OCH3 is 1. The fourth-order valence-electron chi connectivity index (χ4n) is 2.33. The molecule has 8 nitrogen and oxygen atoms in total. The number of hydrogen-bond acceptors (Lipinski definition) is 6. The standard InChI is InChI=1S/C14H15N3O5/c1-8-11-4-3-9(5-12(11)22-16-8)17-7-10(21-14(17)19)6-15-13(18)20-2/h3-5,10H,6-7H2,1-2H3,(H,15,18). The van der Waals surface area contributed by atoms with Gasteiger partial charge in [0.2, 0.25) is 0 Å². The van der Waals surface area contributed by atoms with E-state index in [1.165, 1.54) is 12.0 Å². The Bertz CT molecular complexity index is 726. The first-order valence-electron chi connectivity index (χ1n) is 6.74. The zero-order valence-corrected chi connectivity index (χ0v) is 12.2. The molecular formula is C14H15N3O5. The lowest BCUT2D eigenvalue weighted by molar-refractivity contribution is 0.132. The minimum Gasteiger partial charge on any atom is -0.453 e. The third kappa shape index (κ3) is 2.54. The minimum atomic E-state index is -0.562. The maximum Gasteiger partial charge on any atom is 0.414 e. The molecule has 1 atom stereocenters. The van der Waals surface area contributed by atoms with E-state index < -0.39 is 18.3 Å². The van der Waals surface area contributed by atoms with Crippen LogP contribution in [0.25, 0.3) is 11.0 Å². The van der Waals surface area contributed by atoms with Gasteiger partial charge >= 0.3 is 12.2 Å². The van der Waals surface area contributed by atoms with Crippen molar-refractivity contribution in [2.24, 2.45) is 0 Å². The highest BCUT2D eigenvalue weighted by Gasteiger charge is 2.32. The predicted octanol–water partition coefficient (Wildman–Crippen LogP) is 1.82. The van der Waals surface area contributed by atoms with Gasteiger partial charge in [-0.25, -0.2) is 9.59 Å². The summed E-state index contributed by atoms with van der Waals surface area (Å²) in [6, 6.07) is 5.40. The fraction of sp³-hybridized carbons (Fsp3) is 0.357. The van der Waals surface area contributed by atoms with Crippen molar-refractivity contribution in [1.82, 2.24) is 10.5 Å². The topological polar surface area (TPSA) is 93.9 Å². The number of aryl methyl sites for hydroxylation is 1. The molecule has 1 N–H and O–H groups in total. The molecule has 3 rings (SSSR count). The van der Waals surface area contributed by atoms with Gasteiger partial charge in [-0.05, 0) is 19.1 Å². The molecule has 0 bridgehead atoms. The Balaban J connectivity index is 1.73. The van der Waals surface area contributed by atoms with E-state index in [9.17, 15) is 9.59 Å². The molecule has 1 aromatic heterocycles. The molecule has 2 heterocycles. The molecule has 2 amide bonds. The number of fused-ring (bicyclic) bond motifs is 1. The number of rotatable bonds is 3. The van der Waals surface area contributed by atoms with Crippen LogP contribution in [0.2, 0.25) is 0 Å². The van der Waals surface area contributed by atoms with Gasteiger partial charge in [-0.1, -0.05) is 5.16 Å². The Kier molecular flexibility index (Phi) is 3.58. The van der Waals surface area contributed by atoms with E-state index in [1.807, 2.05) is 19.1 Å². The Morgan fingerprint density at radius 3 is 3.14 bits per heavy atom. The average molecular weight is 305 g/mol. The van der Waals surface area contributed by atoms with Crippen molar-refractivity contribution in [3.8, 4) is 0 Å². The van der Waals surface area contributed by atoms with Crippen LogP contribution in [-0.2, 0) is 9.47 Å². The smallest absolute Gasteiger partial charge is 0.414 e. The summed E-state index contributed by atoms with van der Waals surface area (Å²) in [6.07, 6.45) is -1.46. The van der Waals surface area contributed by atoms with Gasteiger partial charge in [0.25, 0.3) is 0 Å². The molecule has 0 radical (unpaired) electrons. The summed E-state index contributed by atoms with van der Waals surface area (Å²) in [6.45, 7) is 2.38. The molecule has 0 saturated carbocycles. The number of benzene rings is 1. The maximum atomic E-state index is 12.0. The van der Waals surface area contributed by atoms with Crippen molar-refractivity contribution >= 4 is 28.8 Å². The highest BCUT2D eigenvalue weighted by molar-refractivity contribution is 5.93. The molecule has 0 aliphatic carbocycles. The summed E-state index contributed by atoms with van der Waals surface area (Å²) in [5.74, 6) is 0.